The van der Waals surface area contributed by atoms with E-state index in [9.17, 15) is 8.42 Å². The minimum Gasteiger partial charge on any atom is -0.381 e. The number of piperidine rings is 1. The number of ether oxygens (including phenoxy) is 2. The third-order valence-corrected chi connectivity index (χ3v) is 6.39. The lowest BCUT2D eigenvalue weighted by Gasteiger charge is -2.32. The molecule has 0 spiro atoms. The highest BCUT2D eigenvalue weighted by Gasteiger charge is 2.20. The highest BCUT2D eigenvalue weighted by atomic mass is 32.2. The number of hydrogen-bond donors (Lipinski definition) is 2. The lowest BCUT2D eigenvalue weighted by atomic mass is 10.0. The van der Waals surface area contributed by atoms with Crippen molar-refractivity contribution in [3.63, 3.8) is 0 Å². The normalized spacial score (nSPS) is 20.7. The van der Waals surface area contributed by atoms with Gasteiger partial charge in [-0.1, -0.05) is 0 Å². The van der Waals surface area contributed by atoms with Gasteiger partial charge >= 0.3 is 0 Å². The van der Waals surface area contributed by atoms with Gasteiger partial charge in [0.25, 0.3) is 0 Å². The Labute approximate surface area is 176 Å². The van der Waals surface area contributed by atoms with Gasteiger partial charge in [-0.05, 0) is 44.9 Å². The van der Waals surface area contributed by atoms with Crippen molar-refractivity contribution < 1.29 is 17.9 Å². The fraction of sp³-hybridized carbons (Fsp3) is 0.950. The van der Waals surface area contributed by atoms with Crippen molar-refractivity contribution in [1.29, 1.82) is 0 Å². The molecule has 0 aromatic heterocycles. The molecule has 0 radical (unpaired) electrons. The van der Waals surface area contributed by atoms with E-state index in [0.717, 1.165) is 90.7 Å². The highest BCUT2D eigenvalue weighted by molar-refractivity contribution is 7.90. The molecule has 0 aromatic rings. The lowest BCUT2D eigenvalue weighted by Crippen LogP contribution is -2.49. The van der Waals surface area contributed by atoms with E-state index >= 15 is 0 Å². The molecule has 2 fully saturated rings. The third-order valence-electron chi connectivity index (χ3n) is 5.46. The molecule has 0 atom stereocenters. The molecule has 8 nitrogen and oxygen atoms in total. The smallest absolute Gasteiger partial charge is 0.191 e. The fourth-order valence-electron chi connectivity index (χ4n) is 3.63. The summed E-state index contributed by atoms with van der Waals surface area (Å²) >= 11 is 0. The van der Waals surface area contributed by atoms with Gasteiger partial charge in [0, 0.05) is 71.4 Å². The zero-order valence-electron chi connectivity index (χ0n) is 18.2. The molecule has 2 N–H and O–H groups in total. The number of nitrogens with one attached hydrogen (secondary N) is 2. The van der Waals surface area contributed by atoms with Crippen molar-refractivity contribution in [2.24, 2.45) is 10.9 Å². The summed E-state index contributed by atoms with van der Waals surface area (Å²) in [5, 5.41) is 6.85. The number of nitrogens with zero attached hydrogens (tertiary/aromatic N) is 2. The molecule has 2 heterocycles. The maximum atomic E-state index is 11.3. The van der Waals surface area contributed by atoms with E-state index < -0.39 is 9.84 Å². The van der Waals surface area contributed by atoms with Crippen molar-refractivity contribution in [3.8, 4) is 0 Å². The Bertz CT molecular complexity index is 571. The van der Waals surface area contributed by atoms with Crippen LogP contribution in [0.2, 0.25) is 0 Å². The van der Waals surface area contributed by atoms with E-state index in [1.54, 1.807) is 0 Å². The molecule has 0 aromatic carbocycles. The second kappa shape index (κ2) is 13.4. The van der Waals surface area contributed by atoms with Crippen LogP contribution in [-0.4, -0.2) is 96.5 Å². The van der Waals surface area contributed by atoms with Crippen LogP contribution in [0.1, 0.15) is 39.0 Å². The Balaban J connectivity index is 1.60. The second-order valence-corrected chi connectivity index (χ2v) is 10.4. The lowest BCUT2D eigenvalue weighted by molar-refractivity contribution is 0.0205. The topological polar surface area (TPSA) is 92.3 Å². The minimum absolute atomic E-state index is 0.242. The van der Waals surface area contributed by atoms with E-state index in [0.29, 0.717) is 18.5 Å². The number of guanidine groups is 1. The Morgan fingerprint density at radius 2 is 1.93 bits per heavy atom. The molecule has 2 saturated heterocycles. The number of hydrogen-bond acceptors (Lipinski definition) is 6. The Morgan fingerprint density at radius 1 is 1.21 bits per heavy atom. The average molecular weight is 433 g/mol. The first-order chi connectivity index (χ1) is 14.0. The van der Waals surface area contributed by atoms with E-state index in [-0.39, 0.29) is 5.75 Å². The van der Waals surface area contributed by atoms with Crippen LogP contribution < -0.4 is 10.6 Å². The Morgan fingerprint density at radius 3 is 2.59 bits per heavy atom. The fourth-order valence-corrected chi connectivity index (χ4v) is 4.22. The molecule has 2 rings (SSSR count). The first-order valence-corrected chi connectivity index (χ1v) is 13.1. The summed E-state index contributed by atoms with van der Waals surface area (Å²) in [6, 6.07) is 0.382. The second-order valence-electron chi connectivity index (χ2n) is 8.14. The van der Waals surface area contributed by atoms with E-state index in [2.05, 4.69) is 27.4 Å². The van der Waals surface area contributed by atoms with Crippen LogP contribution in [0.5, 0.6) is 0 Å². The predicted octanol–water partition coefficient (Wildman–Crippen LogP) is 0.884. The first kappa shape index (κ1) is 24.4. The molecule has 0 unspecified atom stereocenters. The van der Waals surface area contributed by atoms with Gasteiger partial charge < -0.3 is 25.0 Å². The largest absolute Gasteiger partial charge is 0.381 e. The van der Waals surface area contributed by atoms with Crippen LogP contribution in [0.25, 0.3) is 0 Å². The van der Waals surface area contributed by atoms with Crippen LogP contribution in [0.3, 0.4) is 0 Å². The molecular weight excluding hydrogens is 392 g/mol. The number of likely N-dealkylation sites (tertiary alicyclic amines) is 1. The number of sulfone groups is 1. The van der Waals surface area contributed by atoms with Crippen molar-refractivity contribution >= 4 is 15.8 Å². The van der Waals surface area contributed by atoms with Gasteiger partial charge in [-0.15, -0.1) is 0 Å². The summed E-state index contributed by atoms with van der Waals surface area (Å²) in [5.74, 6) is 1.76. The van der Waals surface area contributed by atoms with Gasteiger partial charge in [0.2, 0.25) is 0 Å². The summed E-state index contributed by atoms with van der Waals surface area (Å²) in [6.45, 7) is 9.45. The molecule has 0 amide bonds. The maximum absolute atomic E-state index is 11.3. The molecule has 0 aliphatic carbocycles. The van der Waals surface area contributed by atoms with Crippen molar-refractivity contribution in [1.82, 2.24) is 15.5 Å². The number of rotatable bonds is 11. The molecule has 9 heteroatoms. The summed E-state index contributed by atoms with van der Waals surface area (Å²) in [5.41, 5.74) is 0. The number of aliphatic imine (C=N–C) groups is 1. The van der Waals surface area contributed by atoms with Gasteiger partial charge in [0.1, 0.15) is 9.84 Å². The third kappa shape index (κ3) is 11.2. The quantitative estimate of drug-likeness (QED) is 0.284. The first-order valence-electron chi connectivity index (χ1n) is 11.1. The molecule has 0 bridgehead atoms. The van der Waals surface area contributed by atoms with Crippen LogP contribution >= 0.6 is 0 Å². The predicted molar refractivity (Wildman–Crippen MR) is 117 cm³/mol. The van der Waals surface area contributed by atoms with Crippen LogP contribution in [0.4, 0.5) is 0 Å². The van der Waals surface area contributed by atoms with E-state index in [1.165, 1.54) is 6.26 Å². The molecular formula is C20H40N4O4S. The van der Waals surface area contributed by atoms with E-state index in [1.807, 2.05) is 0 Å². The molecule has 0 saturated carbocycles. The average Bonchev–Trinajstić information content (AvgIpc) is 2.70. The van der Waals surface area contributed by atoms with Crippen molar-refractivity contribution in [2.45, 2.75) is 45.1 Å². The van der Waals surface area contributed by atoms with Crippen molar-refractivity contribution in [3.05, 3.63) is 0 Å². The zero-order valence-corrected chi connectivity index (χ0v) is 19.0. The van der Waals surface area contributed by atoms with Gasteiger partial charge in [0.05, 0.1) is 5.75 Å². The van der Waals surface area contributed by atoms with Gasteiger partial charge in [0.15, 0.2) is 5.96 Å². The zero-order chi connectivity index (χ0) is 21.0. The van der Waals surface area contributed by atoms with Crippen LogP contribution in [-0.2, 0) is 19.3 Å². The van der Waals surface area contributed by atoms with Crippen LogP contribution in [0.15, 0.2) is 4.99 Å². The molecule has 29 heavy (non-hydrogen) atoms. The van der Waals surface area contributed by atoms with Crippen molar-refractivity contribution in [2.75, 3.05) is 71.2 Å². The summed E-state index contributed by atoms with van der Waals surface area (Å²) in [7, 11) is -2.89. The monoisotopic (exact) mass is 432 g/mol. The highest BCUT2D eigenvalue weighted by Crippen LogP contribution is 2.14. The standard InChI is InChI=1S/C20H40N4O4S/c1-3-21-20(22-9-4-13-28-17-18-7-14-27-15-8-18)23-19-5-10-24(11-6-19)12-16-29(2,25)26/h18-19H,3-17H2,1-2H3,(H2,21,22,23). The molecule has 170 valence electrons. The SMILES string of the molecule is CCNC(=NCCCOCC1CCOCC1)NC1CCN(CCS(C)(=O)=O)CC1. The van der Waals surface area contributed by atoms with Gasteiger partial charge in [-0.2, -0.15) is 0 Å². The van der Waals surface area contributed by atoms with Gasteiger partial charge in [-0.25, -0.2) is 8.42 Å². The van der Waals surface area contributed by atoms with Gasteiger partial charge in [-0.3, -0.25) is 4.99 Å². The maximum Gasteiger partial charge on any atom is 0.191 e. The minimum atomic E-state index is -2.89. The molecule has 2 aliphatic heterocycles. The van der Waals surface area contributed by atoms with Crippen LogP contribution in [0, 0.1) is 5.92 Å². The van der Waals surface area contributed by atoms with E-state index in [4.69, 9.17) is 9.47 Å². The Kier molecular flexibility index (Phi) is 11.3. The Hall–Kier alpha value is -0.900. The summed E-state index contributed by atoms with van der Waals surface area (Å²) in [6.07, 6.45) is 6.45. The molecule has 2 aliphatic rings. The summed E-state index contributed by atoms with van der Waals surface area (Å²) in [4.78, 5) is 6.92. The summed E-state index contributed by atoms with van der Waals surface area (Å²) < 4.78 is 33.8.